The van der Waals surface area contributed by atoms with Gasteiger partial charge in [0, 0.05) is 11.1 Å². The summed E-state index contributed by atoms with van der Waals surface area (Å²) >= 11 is 11.2. The molecule has 0 unspecified atom stereocenters. The molecule has 0 radical (unpaired) electrons. The number of alkyl halides is 3. The van der Waals surface area contributed by atoms with Crippen LogP contribution < -0.4 is 0 Å². The van der Waals surface area contributed by atoms with Crippen LogP contribution in [0.4, 0.5) is 13.2 Å². The van der Waals surface area contributed by atoms with Crippen LogP contribution in [0.1, 0.15) is 11.1 Å². The second kappa shape index (κ2) is 6.81. The van der Waals surface area contributed by atoms with E-state index in [1.807, 2.05) is 0 Å². The molecule has 3 rings (SSSR count). The normalized spacial score (nSPS) is 12.0. The van der Waals surface area contributed by atoms with Gasteiger partial charge in [-0.2, -0.15) is 28.0 Å². The lowest BCUT2D eigenvalue weighted by Crippen LogP contribution is -2.09. The van der Waals surface area contributed by atoms with E-state index in [2.05, 4.69) is 15.3 Å². The summed E-state index contributed by atoms with van der Waals surface area (Å²) in [5.74, 6) is 0.302. The minimum Gasteiger partial charge on any atom is -0.250 e. The Bertz CT molecular complexity index is 991. The van der Waals surface area contributed by atoms with Gasteiger partial charge in [0.05, 0.1) is 16.8 Å². The smallest absolute Gasteiger partial charge is 0.250 e. The van der Waals surface area contributed by atoms with Crippen molar-refractivity contribution in [3.05, 3.63) is 69.5 Å². The Morgan fingerprint density at radius 3 is 2.52 bits per heavy atom. The summed E-state index contributed by atoms with van der Waals surface area (Å²) in [6.07, 6.45) is -3.39. The lowest BCUT2D eigenvalue weighted by molar-refractivity contribution is -0.137. The Hall–Kier alpha value is -2.45. The molecule has 1 aromatic heterocycles. The lowest BCUT2D eigenvalue weighted by atomic mass is 10.1. The molecule has 0 amide bonds. The maximum absolute atomic E-state index is 13.1. The second-order valence-electron chi connectivity index (χ2n) is 4.97. The molecular formula is C16H10ClF3N4S. The van der Waals surface area contributed by atoms with Gasteiger partial charge >= 0.3 is 6.18 Å². The van der Waals surface area contributed by atoms with Crippen molar-refractivity contribution in [2.45, 2.75) is 6.18 Å². The zero-order chi connectivity index (χ0) is 18.0. The first-order chi connectivity index (χ1) is 11.9. The topological polar surface area (TPSA) is 46.0 Å². The number of nitrogens with one attached hydrogen (secondary N) is 1. The van der Waals surface area contributed by atoms with Gasteiger partial charge in [-0.1, -0.05) is 41.9 Å². The van der Waals surface area contributed by atoms with Crippen LogP contribution in [0.25, 0.3) is 11.4 Å². The molecule has 0 saturated carbocycles. The molecule has 1 N–H and O–H groups in total. The molecule has 0 aliphatic rings. The van der Waals surface area contributed by atoms with Gasteiger partial charge in [-0.25, -0.2) is 5.10 Å². The molecule has 0 bridgehead atoms. The van der Waals surface area contributed by atoms with Gasteiger partial charge in [-0.15, -0.1) is 0 Å². The maximum Gasteiger partial charge on any atom is 0.417 e. The zero-order valence-electron chi connectivity index (χ0n) is 12.5. The molecule has 4 nitrogen and oxygen atoms in total. The fraction of sp³-hybridized carbons (Fsp3) is 0.0625. The van der Waals surface area contributed by atoms with E-state index < -0.39 is 11.7 Å². The number of H-pyrrole nitrogens is 1. The number of rotatable bonds is 3. The molecule has 1 heterocycles. The van der Waals surface area contributed by atoms with Crippen molar-refractivity contribution >= 4 is 30.0 Å². The molecule has 0 spiro atoms. The van der Waals surface area contributed by atoms with Crippen LogP contribution in [0.15, 0.2) is 53.6 Å². The average molecular weight is 383 g/mol. The van der Waals surface area contributed by atoms with E-state index in [4.69, 9.17) is 23.8 Å². The zero-order valence-corrected chi connectivity index (χ0v) is 14.0. The number of aromatic amines is 1. The summed E-state index contributed by atoms with van der Waals surface area (Å²) in [6.45, 7) is 0. The van der Waals surface area contributed by atoms with Crippen molar-refractivity contribution in [2.75, 3.05) is 0 Å². The minimum atomic E-state index is -4.48. The highest BCUT2D eigenvalue weighted by atomic mass is 35.5. The average Bonchev–Trinajstić information content (AvgIpc) is 2.93. The minimum absolute atomic E-state index is 0.0804. The van der Waals surface area contributed by atoms with Gasteiger partial charge in [0.15, 0.2) is 5.82 Å². The van der Waals surface area contributed by atoms with Gasteiger partial charge in [-0.05, 0) is 30.4 Å². The predicted molar refractivity (Wildman–Crippen MR) is 92.3 cm³/mol. The van der Waals surface area contributed by atoms with Crippen LogP contribution >= 0.6 is 23.8 Å². The third-order valence-corrected chi connectivity index (χ3v) is 3.94. The second-order valence-corrected chi connectivity index (χ2v) is 5.77. The van der Waals surface area contributed by atoms with Crippen LogP contribution in [-0.2, 0) is 6.18 Å². The molecule has 0 aliphatic heterocycles. The van der Waals surface area contributed by atoms with Gasteiger partial charge in [0.25, 0.3) is 0 Å². The number of halogens is 4. The third-order valence-electron chi connectivity index (χ3n) is 3.34. The Balaban J connectivity index is 2.07. The number of hydrogen-bond acceptors (Lipinski definition) is 3. The van der Waals surface area contributed by atoms with Crippen LogP contribution in [0.3, 0.4) is 0 Å². The van der Waals surface area contributed by atoms with Crippen molar-refractivity contribution in [1.29, 1.82) is 0 Å². The lowest BCUT2D eigenvalue weighted by Gasteiger charge is -2.09. The van der Waals surface area contributed by atoms with Gasteiger partial charge in [-0.3, -0.25) is 0 Å². The van der Waals surface area contributed by atoms with E-state index in [0.717, 1.165) is 12.3 Å². The first kappa shape index (κ1) is 17.4. The van der Waals surface area contributed by atoms with Crippen molar-refractivity contribution < 1.29 is 13.2 Å². The van der Waals surface area contributed by atoms with E-state index in [-0.39, 0.29) is 10.3 Å². The van der Waals surface area contributed by atoms with Crippen molar-refractivity contribution in [2.24, 2.45) is 5.10 Å². The van der Waals surface area contributed by atoms with E-state index >= 15 is 0 Å². The summed E-state index contributed by atoms with van der Waals surface area (Å²) in [5, 5.41) is 11.1. The SMILES string of the molecule is FC(F)(F)c1ccccc1/C=N/n1c(-c2ccccc2Cl)n[nH]c1=S. The van der Waals surface area contributed by atoms with Gasteiger partial charge in [0.1, 0.15) is 0 Å². The summed E-state index contributed by atoms with van der Waals surface area (Å²) < 4.78 is 40.6. The molecular weight excluding hydrogens is 373 g/mol. The van der Waals surface area contributed by atoms with Crippen molar-refractivity contribution in [3.8, 4) is 11.4 Å². The van der Waals surface area contributed by atoms with Crippen molar-refractivity contribution in [3.63, 3.8) is 0 Å². The molecule has 25 heavy (non-hydrogen) atoms. The highest BCUT2D eigenvalue weighted by Gasteiger charge is 2.32. The monoisotopic (exact) mass is 382 g/mol. The maximum atomic E-state index is 13.1. The molecule has 0 atom stereocenters. The number of nitrogens with zero attached hydrogens (tertiary/aromatic N) is 3. The van der Waals surface area contributed by atoms with Crippen LogP contribution in [0.5, 0.6) is 0 Å². The first-order valence-corrected chi connectivity index (χ1v) is 7.79. The van der Waals surface area contributed by atoms with E-state index in [1.54, 1.807) is 24.3 Å². The Kier molecular flexibility index (Phi) is 4.73. The van der Waals surface area contributed by atoms with Crippen molar-refractivity contribution in [1.82, 2.24) is 14.9 Å². The molecule has 0 fully saturated rings. The molecule has 128 valence electrons. The summed E-state index contributed by atoms with van der Waals surface area (Å²) in [5.41, 5.74) is -0.311. The van der Waals surface area contributed by atoms with E-state index in [0.29, 0.717) is 16.4 Å². The standard InChI is InChI=1S/C16H10ClF3N4S/c17-13-8-4-2-6-11(13)14-22-23-15(25)24(14)21-9-10-5-1-3-7-12(10)16(18,19)20/h1-9H,(H,23,25)/b21-9+. The number of hydrogen-bond donors (Lipinski definition) is 1. The summed E-state index contributed by atoms with van der Waals surface area (Å²) in [4.78, 5) is 0. The molecule has 9 heteroatoms. The van der Waals surface area contributed by atoms with Gasteiger partial charge < -0.3 is 0 Å². The molecule has 0 aliphatic carbocycles. The number of benzene rings is 2. The summed E-state index contributed by atoms with van der Waals surface area (Å²) in [6, 6.07) is 12.0. The largest absolute Gasteiger partial charge is 0.417 e. The van der Waals surface area contributed by atoms with Crippen LogP contribution in [0, 0.1) is 4.77 Å². The van der Waals surface area contributed by atoms with Crippen LogP contribution in [0.2, 0.25) is 5.02 Å². The van der Waals surface area contributed by atoms with E-state index in [1.165, 1.54) is 22.9 Å². The molecule has 3 aromatic rings. The quantitative estimate of drug-likeness (QED) is 0.502. The Morgan fingerprint density at radius 1 is 1.12 bits per heavy atom. The molecule has 0 saturated heterocycles. The van der Waals surface area contributed by atoms with Gasteiger partial charge in [0.2, 0.25) is 4.77 Å². The summed E-state index contributed by atoms with van der Waals surface area (Å²) in [7, 11) is 0. The predicted octanol–water partition coefficient (Wildman–Crippen LogP) is 5.16. The third kappa shape index (κ3) is 3.64. The first-order valence-electron chi connectivity index (χ1n) is 7.01. The molecule has 2 aromatic carbocycles. The Morgan fingerprint density at radius 2 is 1.80 bits per heavy atom. The fourth-order valence-corrected chi connectivity index (χ4v) is 2.60. The fourth-order valence-electron chi connectivity index (χ4n) is 2.20. The number of aromatic nitrogens is 3. The Labute approximate surface area is 150 Å². The highest BCUT2D eigenvalue weighted by molar-refractivity contribution is 7.71. The van der Waals surface area contributed by atoms with Crippen LogP contribution in [-0.4, -0.2) is 21.1 Å². The highest BCUT2D eigenvalue weighted by Crippen LogP contribution is 2.31. The van der Waals surface area contributed by atoms with E-state index in [9.17, 15) is 13.2 Å².